The second-order valence-electron chi connectivity index (χ2n) is 2.97. The van der Waals surface area contributed by atoms with Gasteiger partial charge in [0.2, 0.25) is 0 Å². The first-order chi connectivity index (χ1) is 6.93. The van der Waals surface area contributed by atoms with Crippen LogP contribution in [0.5, 0.6) is 0 Å². The van der Waals surface area contributed by atoms with E-state index < -0.39 is 0 Å². The zero-order valence-electron chi connectivity index (χ0n) is 7.27. The summed E-state index contributed by atoms with van der Waals surface area (Å²) < 4.78 is 1.19. The van der Waals surface area contributed by atoms with Gasteiger partial charge in [0.1, 0.15) is 5.82 Å². The van der Waals surface area contributed by atoms with Crippen molar-refractivity contribution in [3.8, 4) is 11.4 Å². The molecule has 0 amide bonds. The predicted octanol–water partition coefficient (Wildman–Crippen LogP) is 2.69. The molecule has 0 aliphatic rings. The zero-order valence-corrected chi connectivity index (χ0v) is 8.08. The van der Waals surface area contributed by atoms with E-state index >= 15 is 0 Å². The molecule has 68 valence electrons. The van der Waals surface area contributed by atoms with Gasteiger partial charge < -0.3 is 4.98 Å². The molecule has 2 heterocycles. The van der Waals surface area contributed by atoms with Gasteiger partial charge in [-0.3, -0.25) is 0 Å². The molecule has 0 saturated heterocycles. The van der Waals surface area contributed by atoms with E-state index in [1.54, 1.807) is 17.5 Å². The van der Waals surface area contributed by atoms with Gasteiger partial charge in [0.05, 0.1) is 15.7 Å². The second kappa shape index (κ2) is 2.92. The lowest BCUT2D eigenvalue weighted by molar-refractivity contribution is 1.31. The Morgan fingerprint density at radius 1 is 1.21 bits per heavy atom. The predicted molar refractivity (Wildman–Crippen MR) is 57.2 cm³/mol. The molecule has 0 aliphatic heterocycles. The summed E-state index contributed by atoms with van der Waals surface area (Å²) in [6, 6.07) is 6.15. The van der Waals surface area contributed by atoms with E-state index in [4.69, 9.17) is 0 Å². The highest BCUT2D eigenvalue weighted by Crippen LogP contribution is 2.23. The van der Waals surface area contributed by atoms with E-state index in [0.29, 0.717) is 0 Å². The van der Waals surface area contributed by atoms with Gasteiger partial charge in [-0.2, -0.15) is 0 Å². The van der Waals surface area contributed by atoms with Gasteiger partial charge in [-0.05, 0) is 18.2 Å². The van der Waals surface area contributed by atoms with Crippen LogP contribution in [0.25, 0.3) is 21.6 Å². The van der Waals surface area contributed by atoms with Crippen LogP contribution in [-0.2, 0) is 0 Å². The maximum absolute atomic E-state index is 4.23. The molecular formula is C10H7N3S. The number of imidazole rings is 1. The Bertz CT molecular complexity index is 554. The average Bonchev–Trinajstić information content (AvgIpc) is 2.88. The van der Waals surface area contributed by atoms with Crippen molar-refractivity contribution < 1.29 is 0 Å². The third-order valence-corrected chi connectivity index (χ3v) is 2.89. The number of thiazole rings is 1. The van der Waals surface area contributed by atoms with Crippen LogP contribution in [0, 0.1) is 0 Å². The van der Waals surface area contributed by atoms with Crippen molar-refractivity contribution in [3.63, 3.8) is 0 Å². The van der Waals surface area contributed by atoms with Crippen molar-refractivity contribution in [1.29, 1.82) is 0 Å². The second-order valence-corrected chi connectivity index (χ2v) is 3.86. The summed E-state index contributed by atoms with van der Waals surface area (Å²) in [4.78, 5) is 11.5. The van der Waals surface area contributed by atoms with Gasteiger partial charge in [0.15, 0.2) is 0 Å². The summed E-state index contributed by atoms with van der Waals surface area (Å²) in [5.41, 5.74) is 4.01. The first kappa shape index (κ1) is 7.70. The smallest absolute Gasteiger partial charge is 0.137 e. The molecule has 0 spiro atoms. The highest BCUT2D eigenvalue weighted by atomic mass is 32.1. The molecule has 2 aromatic heterocycles. The minimum Gasteiger partial charge on any atom is -0.345 e. The van der Waals surface area contributed by atoms with Gasteiger partial charge in [0, 0.05) is 18.0 Å². The quantitative estimate of drug-likeness (QED) is 0.657. The summed E-state index contributed by atoms with van der Waals surface area (Å²) in [5.74, 6) is 0.903. The van der Waals surface area contributed by atoms with Crippen LogP contribution in [-0.4, -0.2) is 15.0 Å². The maximum Gasteiger partial charge on any atom is 0.137 e. The number of benzene rings is 1. The maximum atomic E-state index is 4.23. The molecular weight excluding hydrogens is 194 g/mol. The Labute approximate surface area is 84.5 Å². The molecule has 0 aliphatic carbocycles. The number of H-pyrrole nitrogens is 1. The lowest BCUT2D eigenvalue weighted by Crippen LogP contribution is -1.79. The summed E-state index contributed by atoms with van der Waals surface area (Å²) in [6.07, 6.45) is 3.58. The van der Waals surface area contributed by atoms with Crippen LogP contribution in [0.3, 0.4) is 0 Å². The Balaban J connectivity index is 2.23. The first-order valence-electron chi connectivity index (χ1n) is 4.26. The normalized spacial score (nSPS) is 10.9. The average molecular weight is 201 g/mol. The van der Waals surface area contributed by atoms with Gasteiger partial charge in [-0.25, -0.2) is 9.97 Å². The van der Waals surface area contributed by atoms with Crippen LogP contribution < -0.4 is 0 Å². The van der Waals surface area contributed by atoms with Gasteiger partial charge in [0.25, 0.3) is 0 Å². The van der Waals surface area contributed by atoms with E-state index in [0.717, 1.165) is 16.9 Å². The Hall–Kier alpha value is -1.68. The molecule has 0 bridgehead atoms. The number of hydrogen-bond donors (Lipinski definition) is 1. The zero-order chi connectivity index (χ0) is 9.38. The number of rotatable bonds is 1. The minimum atomic E-state index is 0.903. The molecule has 3 aromatic rings. The number of aromatic amines is 1. The standard InChI is InChI=1S/C10H7N3S/c1-2-8-9(14-6-13-8)5-7(1)10-11-3-4-12-10/h1-6H,(H,11,12). The molecule has 3 rings (SSSR count). The van der Waals surface area contributed by atoms with Gasteiger partial charge in [-0.15, -0.1) is 11.3 Å². The highest BCUT2D eigenvalue weighted by molar-refractivity contribution is 7.16. The molecule has 3 nitrogen and oxygen atoms in total. The lowest BCUT2D eigenvalue weighted by Gasteiger charge is -1.95. The molecule has 0 unspecified atom stereocenters. The molecule has 1 aromatic carbocycles. The van der Waals surface area contributed by atoms with Crippen molar-refractivity contribution >= 4 is 21.6 Å². The molecule has 0 saturated carbocycles. The number of aromatic nitrogens is 3. The van der Waals surface area contributed by atoms with Crippen LogP contribution in [0.4, 0.5) is 0 Å². The van der Waals surface area contributed by atoms with Crippen molar-refractivity contribution in [2.75, 3.05) is 0 Å². The number of fused-ring (bicyclic) bond motifs is 1. The SMILES string of the molecule is c1c[nH]c(-c2ccc3ncsc3c2)n1. The molecule has 0 atom stereocenters. The topological polar surface area (TPSA) is 41.6 Å². The molecule has 0 fully saturated rings. The lowest BCUT2D eigenvalue weighted by atomic mass is 10.2. The van der Waals surface area contributed by atoms with E-state index in [1.807, 2.05) is 23.8 Å². The largest absolute Gasteiger partial charge is 0.345 e. The van der Waals surface area contributed by atoms with Gasteiger partial charge in [-0.1, -0.05) is 0 Å². The summed E-state index contributed by atoms with van der Waals surface area (Å²) in [5, 5.41) is 0. The van der Waals surface area contributed by atoms with Crippen molar-refractivity contribution in [3.05, 3.63) is 36.1 Å². The highest BCUT2D eigenvalue weighted by Gasteiger charge is 2.02. The van der Waals surface area contributed by atoms with E-state index in [9.17, 15) is 0 Å². The Morgan fingerprint density at radius 2 is 2.21 bits per heavy atom. The fourth-order valence-corrected chi connectivity index (χ4v) is 2.14. The molecule has 4 heteroatoms. The van der Waals surface area contributed by atoms with E-state index in [-0.39, 0.29) is 0 Å². The van der Waals surface area contributed by atoms with E-state index in [1.165, 1.54) is 4.70 Å². The van der Waals surface area contributed by atoms with Gasteiger partial charge >= 0.3 is 0 Å². The van der Waals surface area contributed by atoms with Crippen LogP contribution in [0.1, 0.15) is 0 Å². The Kier molecular flexibility index (Phi) is 1.61. The third kappa shape index (κ3) is 1.12. The van der Waals surface area contributed by atoms with Crippen molar-refractivity contribution in [2.24, 2.45) is 0 Å². The summed E-state index contributed by atoms with van der Waals surface area (Å²) >= 11 is 1.65. The number of nitrogens with one attached hydrogen (secondary N) is 1. The molecule has 0 radical (unpaired) electrons. The van der Waals surface area contributed by atoms with E-state index in [2.05, 4.69) is 21.0 Å². The minimum absolute atomic E-state index is 0.903. The van der Waals surface area contributed by atoms with Crippen LogP contribution >= 0.6 is 11.3 Å². The van der Waals surface area contributed by atoms with Crippen molar-refractivity contribution in [1.82, 2.24) is 15.0 Å². The molecule has 1 N–H and O–H groups in total. The third-order valence-electron chi connectivity index (χ3n) is 2.10. The monoisotopic (exact) mass is 201 g/mol. The summed E-state index contributed by atoms with van der Waals surface area (Å²) in [7, 11) is 0. The number of hydrogen-bond acceptors (Lipinski definition) is 3. The molecule has 14 heavy (non-hydrogen) atoms. The fraction of sp³-hybridized carbons (Fsp3) is 0. The Morgan fingerprint density at radius 3 is 3.07 bits per heavy atom. The van der Waals surface area contributed by atoms with Crippen LogP contribution in [0.2, 0.25) is 0 Å². The fourth-order valence-electron chi connectivity index (χ4n) is 1.43. The first-order valence-corrected chi connectivity index (χ1v) is 5.14. The van der Waals surface area contributed by atoms with Crippen LogP contribution in [0.15, 0.2) is 36.1 Å². The summed E-state index contributed by atoms with van der Waals surface area (Å²) in [6.45, 7) is 0. The van der Waals surface area contributed by atoms with Crippen molar-refractivity contribution in [2.45, 2.75) is 0 Å². The number of nitrogens with zero attached hydrogens (tertiary/aromatic N) is 2.